The second-order valence-corrected chi connectivity index (χ2v) is 5.42. The molecule has 0 spiro atoms. The molecule has 1 aromatic carbocycles. The Labute approximate surface area is 118 Å². The maximum absolute atomic E-state index is 5.72. The smallest absolute Gasteiger partial charge is 0.0460 e. The van der Waals surface area contributed by atoms with E-state index in [2.05, 4.69) is 43.5 Å². The van der Waals surface area contributed by atoms with Crippen molar-refractivity contribution in [1.29, 1.82) is 0 Å². The average Bonchev–Trinajstić information content (AvgIpc) is 2.43. The highest BCUT2D eigenvalue weighted by Crippen LogP contribution is 2.21. The summed E-state index contributed by atoms with van der Waals surface area (Å²) in [6.07, 6.45) is 10.1. The molecule has 0 aliphatic carbocycles. The highest BCUT2D eigenvalue weighted by Gasteiger charge is 2.09. The lowest BCUT2D eigenvalue weighted by molar-refractivity contribution is 0.478. The minimum absolute atomic E-state index is 0.304. The molecule has 0 amide bonds. The fraction of sp³-hybridized carbons (Fsp3) is 0.647. The number of nitrogens with one attached hydrogen (secondary N) is 1. The Hall–Kier alpha value is -0.860. The summed E-state index contributed by atoms with van der Waals surface area (Å²) < 4.78 is 0. The molecule has 0 saturated carbocycles. The van der Waals surface area contributed by atoms with Gasteiger partial charge in [-0.3, -0.25) is 11.3 Å². The van der Waals surface area contributed by atoms with Gasteiger partial charge in [0.25, 0.3) is 0 Å². The molecule has 108 valence electrons. The zero-order valence-electron chi connectivity index (χ0n) is 12.6. The van der Waals surface area contributed by atoms with Crippen molar-refractivity contribution in [1.82, 2.24) is 5.43 Å². The predicted molar refractivity (Wildman–Crippen MR) is 83.9 cm³/mol. The number of hydrogen-bond donors (Lipinski definition) is 2. The Morgan fingerprint density at radius 2 is 1.84 bits per heavy atom. The van der Waals surface area contributed by atoms with Crippen LogP contribution < -0.4 is 11.3 Å². The summed E-state index contributed by atoms with van der Waals surface area (Å²) in [5.74, 6) is 5.72. The molecule has 1 unspecified atom stereocenters. The first-order chi connectivity index (χ1) is 9.31. The van der Waals surface area contributed by atoms with Crippen molar-refractivity contribution in [3.05, 3.63) is 35.4 Å². The fourth-order valence-corrected chi connectivity index (χ4v) is 2.55. The van der Waals surface area contributed by atoms with Crippen LogP contribution in [0.3, 0.4) is 0 Å². The Kier molecular flexibility index (Phi) is 8.52. The molecule has 0 heterocycles. The van der Waals surface area contributed by atoms with Crippen LogP contribution in [-0.4, -0.2) is 0 Å². The molecular weight excluding hydrogens is 232 g/mol. The Bertz CT molecular complexity index is 336. The number of unbranched alkanes of at least 4 members (excludes halogenated alkanes) is 4. The third-order valence-corrected chi connectivity index (χ3v) is 3.69. The van der Waals surface area contributed by atoms with Crippen LogP contribution in [0.15, 0.2) is 24.3 Å². The van der Waals surface area contributed by atoms with Crippen LogP contribution in [0.25, 0.3) is 0 Å². The largest absolute Gasteiger partial charge is 0.271 e. The van der Waals surface area contributed by atoms with Crippen molar-refractivity contribution in [2.24, 2.45) is 5.84 Å². The first kappa shape index (κ1) is 16.2. The van der Waals surface area contributed by atoms with Crippen molar-refractivity contribution in [2.45, 2.75) is 71.3 Å². The summed E-state index contributed by atoms with van der Waals surface area (Å²) in [7, 11) is 0. The van der Waals surface area contributed by atoms with E-state index in [1.165, 1.54) is 49.7 Å². The molecular formula is C17H30N2. The molecule has 0 bridgehead atoms. The lowest BCUT2D eigenvalue weighted by Crippen LogP contribution is -2.28. The van der Waals surface area contributed by atoms with Gasteiger partial charge in [0.2, 0.25) is 0 Å². The van der Waals surface area contributed by atoms with Crippen molar-refractivity contribution in [3.63, 3.8) is 0 Å². The van der Waals surface area contributed by atoms with Crippen LogP contribution >= 0.6 is 0 Å². The SMILES string of the molecule is CCCCCCCC(NN)c1cccc(CCC)c1. The lowest BCUT2D eigenvalue weighted by Gasteiger charge is -2.17. The number of nitrogens with two attached hydrogens (primary N) is 1. The molecule has 1 rings (SSSR count). The van der Waals surface area contributed by atoms with Crippen molar-refractivity contribution in [2.75, 3.05) is 0 Å². The maximum atomic E-state index is 5.72. The summed E-state index contributed by atoms with van der Waals surface area (Å²) in [5, 5.41) is 0. The van der Waals surface area contributed by atoms with Gasteiger partial charge < -0.3 is 0 Å². The van der Waals surface area contributed by atoms with E-state index in [1.54, 1.807) is 0 Å². The van der Waals surface area contributed by atoms with Crippen LogP contribution in [-0.2, 0) is 6.42 Å². The molecule has 19 heavy (non-hydrogen) atoms. The van der Waals surface area contributed by atoms with E-state index in [-0.39, 0.29) is 0 Å². The molecule has 0 saturated heterocycles. The average molecular weight is 262 g/mol. The van der Waals surface area contributed by atoms with Crippen LogP contribution in [0.5, 0.6) is 0 Å². The van der Waals surface area contributed by atoms with E-state index in [0.717, 1.165) is 12.8 Å². The van der Waals surface area contributed by atoms with Gasteiger partial charge in [-0.25, -0.2) is 0 Å². The van der Waals surface area contributed by atoms with E-state index < -0.39 is 0 Å². The van der Waals surface area contributed by atoms with Gasteiger partial charge in [-0.1, -0.05) is 76.6 Å². The van der Waals surface area contributed by atoms with Gasteiger partial charge in [-0.15, -0.1) is 0 Å². The topological polar surface area (TPSA) is 38.0 Å². The molecule has 0 radical (unpaired) electrons. The van der Waals surface area contributed by atoms with Gasteiger partial charge in [0.1, 0.15) is 0 Å². The van der Waals surface area contributed by atoms with E-state index in [9.17, 15) is 0 Å². The predicted octanol–water partition coefficient (Wildman–Crippen LogP) is 4.50. The van der Waals surface area contributed by atoms with Gasteiger partial charge in [-0.2, -0.15) is 0 Å². The van der Waals surface area contributed by atoms with Crippen LogP contribution in [0.2, 0.25) is 0 Å². The monoisotopic (exact) mass is 262 g/mol. The van der Waals surface area contributed by atoms with Crippen LogP contribution in [0.4, 0.5) is 0 Å². The first-order valence-corrected chi connectivity index (χ1v) is 7.86. The van der Waals surface area contributed by atoms with Crippen LogP contribution in [0.1, 0.15) is 76.0 Å². The van der Waals surface area contributed by atoms with E-state index >= 15 is 0 Å². The van der Waals surface area contributed by atoms with Crippen LogP contribution in [0, 0.1) is 0 Å². The summed E-state index contributed by atoms with van der Waals surface area (Å²) in [5.41, 5.74) is 5.74. The fourth-order valence-electron chi connectivity index (χ4n) is 2.55. The number of hydrazine groups is 1. The van der Waals surface area contributed by atoms with Gasteiger partial charge in [-0.05, 0) is 24.0 Å². The standard InChI is InChI=1S/C17H30N2/c1-3-5-6-7-8-13-17(19-18)16-12-9-11-15(14-16)10-4-2/h9,11-12,14,17,19H,3-8,10,13,18H2,1-2H3. The lowest BCUT2D eigenvalue weighted by atomic mass is 9.97. The molecule has 0 aliphatic rings. The quantitative estimate of drug-likeness (QED) is 0.370. The highest BCUT2D eigenvalue weighted by molar-refractivity contribution is 5.26. The first-order valence-electron chi connectivity index (χ1n) is 7.86. The third-order valence-electron chi connectivity index (χ3n) is 3.69. The summed E-state index contributed by atoms with van der Waals surface area (Å²) in [6, 6.07) is 9.16. The highest BCUT2D eigenvalue weighted by atomic mass is 15.2. The molecule has 2 heteroatoms. The summed E-state index contributed by atoms with van der Waals surface area (Å²) in [6.45, 7) is 4.47. The van der Waals surface area contributed by atoms with Gasteiger partial charge >= 0.3 is 0 Å². The molecule has 3 N–H and O–H groups in total. The Morgan fingerprint density at radius 1 is 1.05 bits per heavy atom. The van der Waals surface area contributed by atoms with Crippen molar-refractivity contribution in [3.8, 4) is 0 Å². The number of rotatable bonds is 10. The van der Waals surface area contributed by atoms with E-state index in [4.69, 9.17) is 5.84 Å². The van der Waals surface area contributed by atoms with E-state index in [0.29, 0.717) is 6.04 Å². The minimum atomic E-state index is 0.304. The molecule has 2 nitrogen and oxygen atoms in total. The molecule has 1 aromatic rings. The minimum Gasteiger partial charge on any atom is -0.271 e. The van der Waals surface area contributed by atoms with Gasteiger partial charge in [0.15, 0.2) is 0 Å². The molecule has 0 fully saturated rings. The normalized spacial score (nSPS) is 12.6. The second kappa shape index (κ2) is 9.99. The molecule has 0 aromatic heterocycles. The zero-order chi connectivity index (χ0) is 13.9. The third kappa shape index (κ3) is 6.22. The van der Waals surface area contributed by atoms with E-state index in [1.807, 2.05) is 0 Å². The number of benzene rings is 1. The Balaban J connectivity index is 2.46. The number of aryl methyl sites for hydroxylation is 1. The Morgan fingerprint density at radius 3 is 2.53 bits per heavy atom. The van der Waals surface area contributed by atoms with Gasteiger partial charge in [0, 0.05) is 6.04 Å². The summed E-state index contributed by atoms with van der Waals surface area (Å²) >= 11 is 0. The van der Waals surface area contributed by atoms with Crippen molar-refractivity contribution < 1.29 is 0 Å². The van der Waals surface area contributed by atoms with Crippen molar-refractivity contribution >= 4 is 0 Å². The zero-order valence-corrected chi connectivity index (χ0v) is 12.6. The molecule has 1 atom stereocenters. The summed E-state index contributed by atoms with van der Waals surface area (Å²) in [4.78, 5) is 0. The second-order valence-electron chi connectivity index (χ2n) is 5.42. The molecule has 0 aliphatic heterocycles. The van der Waals surface area contributed by atoms with Gasteiger partial charge in [0.05, 0.1) is 0 Å². The number of hydrogen-bond acceptors (Lipinski definition) is 2. The maximum Gasteiger partial charge on any atom is 0.0460 e.